The molecule has 1 aliphatic rings. The van der Waals surface area contributed by atoms with E-state index in [1.54, 1.807) is 9.80 Å². The first kappa shape index (κ1) is 11.3. The third kappa shape index (κ3) is 2.00. The van der Waals surface area contributed by atoms with Gasteiger partial charge in [-0.3, -0.25) is 0 Å². The minimum atomic E-state index is 0.0268. The van der Waals surface area contributed by atoms with Crippen LogP contribution in [-0.4, -0.2) is 53.7 Å². The van der Waals surface area contributed by atoms with Crippen molar-refractivity contribution in [3.8, 4) is 0 Å². The zero-order chi connectivity index (χ0) is 10.9. The first-order valence-electron chi connectivity index (χ1n) is 5.00. The van der Waals surface area contributed by atoms with Gasteiger partial charge in [-0.05, 0) is 5.41 Å². The van der Waals surface area contributed by atoms with Crippen LogP contribution in [0.3, 0.4) is 0 Å². The zero-order valence-electron chi connectivity index (χ0n) is 9.45. The molecule has 1 saturated heterocycles. The molecule has 2 amide bonds. The highest BCUT2D eigenvalue weighted by molar-refractivity contribution is 5.77. The first-order valence-corrected chi connectivity index (χ1v) is 5.00. The van der Waals surface area contributed by atoms with E-state index < -0.39 is 0 Å². The Labute approximate surface area is 85.5 Å². The molecule has 0 radical (unpaired) electrons. The average Bonchev–Trinajstić information content (AvgIpc) is 2.32. The lowest BCUT2D eigenvalue weighted by Gasteiger charge is -2.30. The van der Waals surface area contributed by atoms with Crippen molar-refractivity contribution in [1.29, 1.82) is 0 Å². The Hall–Kier alpha value is -0.770. The highest BCUT2D eigenvalue weighted by Crippen LogP contribution is 2.29. The van der Waals surface area contributed by atoms with Gasteiger partial charge in [0, 0.05) is 20.1 Å². The SMILES string of the molecule is CN1C(=O)N(CCO)CC1C(C)(C)C. The van der Waals surface area contributed by atoms with Gasteiger partial charge >= 0.3 is 6.03 Å². The van der Waals surface area contributed by atoms with Crippen LogP contribution in [-0.2, 0) is 0 Å². The van der Waals surface area contributed by atoms with Crippen LogP contribution in [0.2, 0.25) is 0 Å². The zero-order valence-corrected chi connectivity index (χ0v) is 9.45. The number of carbonyl (C=O) groups excluding carboxylic acids is 1. The van der Waals surface area contributed by atoms with Crippen LogP contribution in [0, 0.1) is 5.41 Å². The number of urea groups is 1. The van der Waals surface area contributed by atoms with Crippen molar-refractivity contribution < 1.29 is 9.90 Å². The first-order chi connectivity index (χ1) is 6.38. The van der Waals surface area contributed by atoms with Crippen LogP contribution < -0.4 is 0 Å². The molecular weight excluding hydrogens is 180 g/mol. The Balaban J connectivity index is 2.72. The molecule has 1 rings (SSSR count). The fraction of sp³-hybridized carbons (Fsp3) is 0.900. The second-order valence-corrected chi connectivity index (χ2v) is 4.94. The lowest BCUT2D eigenvalue weighted by molar-refractivity contribution is 0.171. The Morgan fingerprint density at radius 3 is 2.43 bits per heavy atom. The van der Waals surface area contributed by atoms with Gasteiger partial charge in [0.2, 0.25) is 0 Å². The van der Waals surface area contributed by atoms with Crippen molar-refractivity contribution in [2.24, 2.45) is 5.41 Å². The summed E-state index contributed by atoms with van der Waals surface area (Å²) in [5.41, 5.74) is 0.0919. The summed E-state index contributed by atoms with van der Waals surface area (Å²) in [4.78, 5) is 15.2. The Morgan fingerprint density at radius 2 is 2.07 bits per heavy atom. The van der Waals surface area contributed by atoms with Gasteiger partial charge in [0.1, 0.15) is 0 Å². The topological polar surface area (TPSA) is 43.8 Å². The van der Waals surface area contributed by atoms with Gasteiger partial charge in [0.15, 0.2) is 0 Å². The molecule has 1 aliphatic heterocycles. The molecule has 4 nitrogen and oxygen atoms in total. The minimum Gasteiger partial charge on any atom is -0.395 e. The molecule has 1 heterocycles. The van der Waals surface area contributed by atoms with Crippen molar-refractivity contribution in [3.05, 3.63) is 0 Å². The molecule has 0 aromatic heterocycles. The fourth-order valence-electron chi connectivity index (χ4n) is 1.93. The van der Waals surface area contributed by atoms with E-state index in [1.165, 1.54) is 0 Å². The van der Waals surface area contributed by atoms with Crippen molar-refractivity contribution in [1.82, 2.24) is 9.80 Å². The summed E-state index contributed by atoms with van der Waals surface area (Å²) >= 11 is 0. The average molecular weight is 200 g/mol. The van der Waals surface area contributed by atoms with Gasteiger partial charge in [0.05, 0.1) is 12.6 Å². The number of likely N-dealkylation sites (N-methyl/N-ethyl adjacent to an activating group) is 1. The van der Waals surface area contributed by atoms with Crippen molar-refractivity contribution >= 4 is 6.03 Å². The highest BCUT2D eigenvalue weighted by atomic mass is 16.3. The highest BCUT2D eigenvalue weighted by Gasteiger charge is 2.40. The number of carbonyl (C=O) groups is 1. The number of aliphatic hydroxyl groups is 1. The minimum absolute atomic E-state index is 0.0268. The van der Waals surface area contributed by atoms with Crippen LogP contribution in [0.15, 0.2) is 0 Å². The number of nitrogens with zero attached hydrogens (tertiary/aromatic N) is 2. The third-order valence-electron chi connectivity index (χ3n) is 2.80. The second kappa shape index (κ2) is 3.77. The van der Waals surface area contributed by atoms with Gasteiger partial charge < -0.3 is 14.9 Å². The number of β-amino-alcohol motifs (C(OH)–C–C–N with tert-alkyl or cyclic N) is 1. The monoisotopic (exact) mass is 200 g/mol. The molecule has 82 valence electrons. The Morgan fingerprint density at radius 1 is 1.50 bits per heavy atom. The van der Waals surface area contributed by atoms with Crippen molar-refractivity contribution in [3.63, 3.8) is 0 Å². The van der Waals surface area contributed by atoms with E-state index in [0.29, 0.717) is 6.54 Å². The van der Waals surface area contributed by atoms with E-state index in [4.69, 9.17) is 5.11 Å². The summed E-state index contributed by atoms with van der Waals surface area (Å²) in [6, 6.07) is 0.264. The van der Waals surface area contributed by atoms with Gasteiger partial charge in [-0.2, -0.15) is 0 Å². The standard InChI is InChI=1S/C10H20N2O2/c1-10(2,3)8-7-12(5-6-13)9(14)11(8)4/h8,13H,5-7H2,1-4H3. The van der Waals surface area contributed by atoms with E-state index in [-0.39, 0.29) is 24.1 Å². The van der Waals surface area contributed by atoms with Crippen LogP contribution >= 0.6 is 0 Å². The van der Waals surface area contributed by atoms with Crippen molar-refractivity contribution in [2.45, 2.75) is 26.8 Å². The molecule has 0 aromatic rings. The number of amides is 2. The lowest BCUT2D eigenvalue weighted by atomic mass is 9.86. The van der Waals surface area contributed by atoms with E-state index in [9.17, 15) is 4.79 Å². The molecule has 14 heavy (non-hydrogen) atoms. The lowest BCUT2D eigenvalue weighted by Crippen LogP contribution is -2.39. The molecule has 1 fully saturated rings. The summed E-state index contributed by atoms with van der Waals surface area (Å²) in [5, 5.41) is 8.81. The molecule has 0 bridgehead atoms. The van der Waals surface area contributed by atoms with Gasteiger partial charge in [-0.25, -0.2) is 4.79 Å². The smallest absolute Gasteiger partial charge is 0.320 e. The van der Waals surface area contributed by atoms with Crippen molar-refractivity contribution in [2.75, 3.05) is 26.7 Å². The maximum atomic E-state index is 11.7. The normalized spacial score (nSPS) is 23.5. The summed E-state index contributed by atoms with van der Waals surface area (Å²) in [5.74, 6) is 0. The Kier molecular flexibility index (Phi) is 3.04. The summed E-state index contributed by atoms with van der Waals surface area (Å²) in [7, 11) is 1.83. The Bertz CT molecular complexity index is 223. The number of aliphatic hydroxyl groups excluding tert-OH is 1. The summed E-state index contributed by atoms with van der Waals surface area (Å²) in [6.07, 6.45) is 0. The van der Waals surface area contributed by atoms with E-state index >= 15 is 0 Å². The predicted molar refractivity (Wildman–Crippen MR) is 55.1 cm³/mol. The molecule has 1 N–H and O–H groups in total. The summed E-state index contributed by atoms with van der Waals surface area (Å²) < 4.78 is 0. The maximum absolute atomic E-state index is 11.7. The van der Waals surface area contributed by atoms with Gasteiger partial charge in [-0.15, -0.1) is 0 Å². The number of hydrogen-bond acceptors (Lipinski definition) is 2. The molecule has 0 aliphatic carbocycles. The van der Waals surface area contributed by atoms with Crippen LogP contribution in [0.4, 0.5) is 4.79 Å². The molecule has 0 spiro atoms. The third-order valence-corrected chi connectivity index (χ3v) is 2.80. The number of hydrogen-bond donors (Lipinski definition) is 1. The molecular formula is C10H20N2O2. The van der Waals surface area contributed by atoms with E-state index in [1.807, 2.05) is 7.05 Å². The summed E-state index contributed by atoms with van der Waals surface area (Å²) in [6.45, 7) is 7.59. The van der Waals surface area contributed by atoms with E-state index in [2.05, 4.69) is 20.8 Å². The quantitative estimate of drug-likeness (QED) is 0.715. The molecule has 1 atom stereocenters. The van der Waals surface area contributed by atoms with Gasteiger partial charge in [-0.1, -0.05) is 20.8 Å². The van der Waals surface area contributed by atoms with Crippen LogP contribution in [0.1, 0.15) is 20.8 Å². The molecule has 1 unspecified atom stereocenters. The fourth-order valence-corrected chi connectivity index (χ4v) is 1.93. The second-order valence-electron chi connectivity index (χ2n) is 4.94. The maximum Gasteiger partial charge on any atom is 0.320 e. The van der Waals surface area contributed by atoms with Crippen LogP contribution in [0.25, 0.3) is 0 Å². The predicted octanol–water partition coefficient (Wildman–Crippen LogP) is 0.761. The molecule has 0 aromatic carbocycles. The molecule has 0 saturated carbocycles. The molecule has 4 heteroatoms. The van der Waals surface area contributed by atoms with Crippen LogP contribution in [0.5, 0.6) is 0 Å². The largest absolute Gasteiger partial charge is 0.395 e. The van der Waals surface area contributed by atoms with Gasteiger partial charge in [0.25, 0.3) is 0 Å². The van der Waals surface area contributed by atoms with E-state index in [0.717, 1.165) is 6.54 Å². The number of rotatable bonds is 2.